The number of carbonyl (C=O) groups is 2. The summed E-state index contributed by atoms with van der Waals surface area (Å²) < 4.78 is 5.36. The van der Waals surface area contributed by atoms with E-state index in [-0.39, 0.29) is 11.5 Å². The molecule has 2 rings (SSSR count). The van der Waals surface area contributed by atoms with Crippen molar-refractivity contribution < 1.29 is 19.1 Å². The standard InChI is InChI=1S/C14H13NO4/c1-9-3-8-12(19-9)15(2)13(16)10-4-6-11(7-5-10)14(17)18/h3-8H,1-2H3,(H,17,18). The van der Waals surface area contributed by atoms with Gasteiger partial charge in [-0.05, 0) is 37.3 Å². The normalized spacial score (nSPS) is 10.2. The molecule has 19 heavy (non-hydrogen) atoms. The molecule has 1 aromatic heterocycles. The molecule has 0 aliphatic carbocycles. The quantitative estimate of drug-likeness (QED) is 0.919. The zero-order chi connectivity index (χ0) is 14.0. The van der Waals surface area contributed by atoms with Gasteiger partial charge in [-0.25, -0.2) is 4.79 Å². The number of anilines is 1. The number of rotatable bonds is 3. The van der Waals surface area contributed by atoms with E-state index in [4.69, 9.17) is 9.52 Å². The van der Waals surface area contributed by atoms with E-state index in [0.717, 1.165) is 5.76 Å². The lowest BCUT2D eigenvalue weighted by Gasteiger charge is -2.14. The highest BCUT2D eigenvalue weighted by Crippen LogP contribution is 2.18. The van der Waals surface area contributed by atoms with Crippen molar-refractivity contribution in [2.45, 2.75) is 6.92 Å². The third-order valence-electron chi connectivity index (χ3n) is 2.74. The molecular weight excluding hydrogens is 246 g/mol. The highest BCUT2D eigenvalue weighted by molar-refractivity contribution is 6.05. The van der Waals surface area contributed by atoms with Gasteiger partial charge in [0.05, 0.1) is 5.56 Å². The lowest BCUT2D eigenvalue weighted by Crippen LogP contribution is -2.25. The molecule has 0 saturated heterocycles. The second-order valence-electron chi connectivity index (χ2n) is 4.13. The molecule has 2 aromatic rings. The van der Waals surface area contributed by atoms with E-state index < -0.39 is 5.97 Å². The predicted octanol–water partition coefficient (Wildman–Crippen LogP) is 2.56. The van der Waals surface area contributed by atoms with Gasteiger partial charge in [0.1, 0.15) is 5.76 Å². The Morgan fingerprint density at radius 3 is 2.11 bits per heavy atom. The first-order valence-electron chi connectivity index (χ1n) is 5.67. The number of carboxylic acids is 1. The van der Waals surface area contributed by atoms with E-state index in [1.54, 1.807) is 26.1 Å². The molecule has 0 saturated carbocycles. The molecule has 98 valence electrons. The second-order valence-corrected chi connectivity index (χ2v) is 4.13. The summed E-state index contributed by atoms with van der Waals surface area (Å²) in [4.78, 5) is 24.3. The summed E-state index contributed by atoms with van der Waals surface area (Å²) in [6, 6.07) is 9.25. The minimum Gasteiger partial charge on any atom is -0.478 e. The first-order chi connectivity index (χ1) is 8.99. The van der Waals surface area contributed by atoms with Crippen LogP contribution in [0.1, 0.15) is 26.5 Å². The molecule has 0 atom stereocenters. The summed E-state index contributed by atoms with van der Waals surface area (Å²) in [5, 5.41) is 8.79. The van der Waals surface area contributed by atoms with Crippen LogP contribution in [0.25, 0.3) is 0 Å². The SMILES string of the molecule is Cc1ccc(N(C)C(=O)c2ccc(C(=O)O)cc2)o1. The van der Waals surface area contributed by atoms with Crippen molar-refractivity contribution >= 4 is 17.8 Å². The number of benzene rings is 1. The average Bonchev–Trinajstić information content (AvgIpc) is 2.84. The summed E-state index contributed by atoms with van der Waals surface area (Å²) in [7, 11) is 1.60. The van der Waals surface area contributed by atoms with Crippen molar-refractivity contribution in [1.82, 2.24) is 0 Å². The van der Waals surface area contributed by atoms with Crippen LogP contribution in [0.5, 0.6) is 0 Å². The smallest absolute Gasteiger partial charge is 0.335 e. The maximum absolute atomic E-state index is 12.2. The first kappa shape index (κ1) is 12.9. The summed E-state index contributed by atoms with van der Waals surface area (Å²) in [5.41, 5.74) is 0.551. The summed E-state index contributed by atoms with van der Waals surface area (Å²) in [6.07, 6.45) is 0. The number of hydrogen-bond donors (Lipinski definition) is 1. The topological polar surface area (TPSA) is 70.8 Å². The predicted molar refractivity (Wildman–Crippen MR) is 69.6 cm³/mol. The van der Waals surface area contributed by atoms with Gasteiger partial charge in [-0.2, -0.15) is 0 Å². The van der Waals surface area contributed by atoms with E-state index in [1.165, 1.54) is 29.2 Å². The van der Waals surface area contributed by atoms with Gasteiger partial charge in [0.15, 0.2) is 0 Å². The molecule has 5 heteroatoms. The Hall–Kier alpha value is -2.56. The number of aromatic carboxylic acids is 1. The van der Waals surface area contributed by atoms with Crippen LogP contribution in [0.15, 0.2) is 40.8 Å². The van der Waals surface area contributed by atoms with Crippen molar-refractivity contribution in [2.24, 2.45) is 0 Å². The molecule has 5 nitrogen and oxygen atoms in total. The maximum Gasteiger partial charge on any atom is 0.335 e. The van der Waals surface area contributed by atoms with Gasteiger partial charge in [0.25, 0.3) is 5.91 Å². The summed E-state index contributed by atoms with van der Waals surface area (Å²) >= 11 is 0. The largest absolute Gasteiger partial charge is 0.478 e. The fraction of sp³-hybridized carbons (Fsp3) is 0.143. The fourth-order valence-corrected chi connectivity index (χ4v) is 1.65. The highest BCUT2D eigenvalue weighted by atomic mass is 16.4. The van der Waals surface area contributed by atoms with Gasteiger partial charge in [-0.3, -0.25) is 9.69 Å². The van der Waals surface area contributed by atoms with Gasteiger partial charge in [-0.1, -0.05) is 0 Å². The molecule has 0 aliphatic heterocycles. The Labute approximate surface area is 110 Å². The molecule has 0 radical (unpaired) electrons. The number of carboxylic acid groups (broad SMARTS) is 1. The number of furan rings is 1. The third kappa shape index (κ3) is 2.65. The number of carbonyl (C=O) groups excluding carboxylic acids is 1. The number of amides is 1. The molecular formula is C14H13NO4. The Bertz CT molecular complexity index is 613. The fourth-order valence-electron chi connectivity index (χ4n) is 1.65. The molecule has 0 bridgehead atoms. The Kier molecular flexibility index (Phi) is 3.37. The van der Waals surface area contributed by atoms with Crippen LogP contribution in [0, 0.1) is 6.92 Å². The Morgan fingerprint density at radius 2 is 1.63 bits per heavy atom. The minimum absolute atomic E-state index is 0.146. The van der Waals surface area contributed by atoms with E-state index in [9.17, 15) is 9.59 Å². The highest BCUT2D eigenvalue weighted by Gasteiger charge is 2.16. The maximum atomic E-state index is 12.2. The van der Waals surface area contributed by atoms with Crippen LogP contribution < -0.4 is 4.90 Å². The van der Waals surface area contributed by atoms with Crippen LogP contribution in [0.4, 0.5) is 5.88 Å². The molecule has 1 aromatic carbocycles. The molecule has 0 fully saturated rings. The van der Waals surface area contributed by atoms with Gasteiger partial charge < -0.3 is 9.52 Å². The van der Waals surface area contributed by atoms with Gasteiger partial charge in [0, 0.05) is 18.7 Å². The van der Waals surface area contributed by atoms with E-state index in [1.807, 2.05) is 0 Å². The van der Waals surface area contributed by atoms with E-state index in [0.29, 0.717) is 11.4 Å². The lowest BCUT2D eigenvalue weighted by atomic mass is 10.1. The monoisotopic (exact) mass is 259 g/mol. The van der Waals surface area contributed by atoms with Crippen molar-refractivity contribution in [3.63, 3.8) is 0 Å². The van der Waals surface area contributed by atoms with Crippen molar-refractivity contribution in [3.05, 3.63) is 53.3 Å². The van der Waals surface area contributed by atoms with Crippen LogP contribution in [0.2, 0.25) is 0 Å². The number of hydrogen-bond acceptors (Lipinski definition) is 3. The molecule has 0 aliphatic rings. The van der Waals surface area contributed by atoms with Gasteiger partial charge in [-0.15, -0.1) is 0 Å². The molecule has 0 unspecified atom stereocenters. The zero-order valence-corrected chi connectivity index (χ0v) is 10.6. The molecule has 0 spiro atoms. The number of nitrogens with zero attached hydrogens (tertiary/aromatic N) is 1. The van der Waals surface area contributed by atoms with Crippen LogP contribution >= 0.6 is 0 Å². The van der Waals surface area contributed by atoms with Crippen molar-refractivity contribution in [2.75, 3.05) is 11.9 Å². The number of aryl methyl sites for hydroxylation is 1. The third-order valence-corrected chi connectivity index (χ3v) is 2.74. The van der Waals surface area contributed by atoms with Crippen LogP contribution in [-0.4, -0.2) is 24.0 Å². The van der Waals surface area contributed by atoms with E-state index >= 15 is 0 Å². The lowest BCUT2D eigenvalue weighted by molar-refractivity contribution is 0.0696. The molecule has 1 amide bonds. The minimum atomic E-state index is -1.02. The molecule has 1 heterocycles. The second kappa shape index (κ2) is 4.97. The molecule has 1 N–H and O–H groups in total. The van der Waals surface area contributed by atoms with Crippen LogP contribution in [-0.2, 0) is 0 Å². The summed E-state index contributed by atoms with van der Waals surface area (Å²) in [5.74, 6) is -0.110. The first-order valence-corrected chi connectivity index (χ1v) is 5.67. The Balaban J connectivity index is 2.21. The van der Waals surface area contributed by atoms with Crippen molar-refractivity contribution in [3.8, 4) is 0 Å². The van der Waals surface area contributed by atoms with Gasteiger partial charge >= 0.3 is 5.97 Å². The van der Waals surface area contributed by atoms with Crippen LogP contribution in [0.3, 0.4) is 0 Å². The zero-order valence-electron chi connectivity index (χ0n) is 10.6. The van der Waals surface area contributed by atoms with Gasteiger partial charge in [0.2, 0.25) is 5.88 Å². The Morgan fingerprint density at radius 1 is 1.05 bits per heavy atom. The van der Waals surface area contributed by atoms with Crippen molar-refractivity contribution in [1.29, 1.82) is 0 Å². The average molecular weight is 259 g/mol. The van der Waals surface area contributed by atoms with E-state index in [2.05, 4.69) is 0 Å². The summed E-state index contributed by atoms with van der Waals surface area (Å²) in [6.45, 7) is 1.80.